The number of carbonyl (C=O) groups is 1. The lowest BCUT2D eigenvalue weighted by Gasteiger charge is -1.99. The van der Waals surface area contributed by atoms with E-state index in [4.69, 9.17) is 4.42 Å². The summed E-state index contributed by atoms with van der Waals surface area (Å²) in [5.41, 5.74) is 3.47. The van der Waals surface area contributed by atoms with Gasteiger partial charge in [-0.3, -0.25) is 4.79 Å². The van der Waals surface area contributed by atoms with Crippen molar-refractivity contribution in [1.82, 2.24) is 5.43 Å². The molecular weight excluding hydrogens is 240 g/mol. The average molecular weight is 256 g/mol. The maximum atomic E-state index is 11.6. The fourth-order valence-electron chi connectivity index (χ4n) is 1.67. The summed E-state index contributed by atoms with van der Waals surface area (Å²) in [4.78, 5) is 11.6. The summed E-state index contributed by atoms with van der Waals surface area (Å²) in [6.45, 7) is 1.89. The third kappa shape index (κ3) is 4.43. The zero-order valence-corrected chi connectivity index (χ0v) is 10.8. The van der Waals surface area contributed by atoms with Crippen LogP contribution in [0.5, 0.6) is 0 Å². The van der Waals surface area contributed by atoms with Gasteiger partial charge in [-0.25, -0.2) is 5.43 Å². The molecule has 0 saturated carbocycles. The van der Waals surface area contributed by atoms with Crippen LogP contribution < -0.4 is 5.43 Å². The Morgan fingerprint density at radius 2 is 2.05 bits per heavy atom. The first-order chi connectivity index (χ1) is 9.24. The number of carbonyl (C=O) groups excluding carboxylic acids is 1. The van der Waals surface area contributed by atoms with E-state index in [1.165, 1.54) is 0 Å². The van der Waals surface area contributed by atoms with Crippen LogP contribution in [0.1, 0.15) is 17.1 Å². The predicted octanol–water partition coefficient (Wildman–Crippen LogP) is 2.48. The van der Waals surface area contributed by atoms with Crippen LogP contribution in [0.25, 0.3) is 0 Å². The highest BCUT2D eigenvalue weighted by Gasteiger charge is 2.00. The van der Waals surface area contributed by atoms with Crippen LogP contribution in [0.3, 0.4) is 0 Å². The highest BCUT2D eigenvalue weighted by atomic mass is 16.3. The Hall–Kier alpha value is -2.36. The minimum Gasteiger partial charge on any atom is -0.466 e. The van der Waals surface area contributed by atoms with Crippen molar-refractivity contribution in [2.75, 3.05) is 0 Å². The third-order valence-corrected chi connectivity index (χ3v) is 2.58. The molecule has 0 spiro atoms. The second-order valence-electron chi connectivity index (χ2n) is 4.23. The summed E-state index contributed by atoms with van der Waals surface area (Å²) in [5.74, 6) is 1.58. The Bertz CT molecular complexity index is 559. The predicted molar refractivity (Wildman–Crippen MR) is 73.9 cm³/mol. The number of hydrazone groups is 1. The molecule has 1 N–H and O–H groups in total. The number of hydrogen-bond donors (Lipinski definition) is 1. The molecule has 1 amide bonds. The fourth-order valence-corrected chi connectivity index (χ4v) is 1.67. The highest BCUT2D eigenvalue weighted by molar-refractivity contribution is 5.79. The van der Waals surface area contributed by atoms with Gasteiger partial charge in [-0.15, -0.1) is 0 Å². The molecule has 0 aliphatic heterocycles. The molecule has 0 aliphatic carbocycles. The molecule has 98 valence electrons. The highest BCUT2D eigenvalue weighted by Crippen LogP contribution is 2.05. The quantitative estimate of drug-likeness (QED) is 0.660. The van der Waals surface area contributed by atoms with Gasteiger partial charge in [-0.05, 0) is 24.6 Å². The van der Waals surface area contributed by atoms with E-state index in [9.17, 15) is 4.79 Å². The van der Waals surface area contributed by atoms with Crippen LogP contribution in [-0.2, 0) is 17.6 Å². The third-order valence-electron chi connectivity index (χ3n) is 2.58. The lowest BCUT2D eigenvalue weighted by Crippen LogP contribution is -2.19. The standard InChI is InChI=1S/C15H16N2O2/c1-12-7-8-14(19-12)9-10-16-17-15(18)11-13-5-3-2-4-6-13/h2-8,10H,9,11H2,1H3,(H,17,18)/b16-10-. The van der Waals surface area contributed by atoms with Crippen LogP contribution >= 0.6 is 0 Å². The number of furan rings is 1. The van der Waals surface area contributed by atoms with E-state index >= 15 is 0 Å². The molecular formula is C15H16N2O2. The second kappa shape index (κ2) is 6.54. The molecule has 0 fully saturated rings. The first-order valence-electron chi connectivity index (χ1n) is 6.13. The van der Waals surface area contributed by atoms with Crippen LogP contribution in [0, 0.1) is 6.92 Å². The Morgan fingerprint density at radius 3 is 2.74 bits per heavy atom. The second-order valence-corrected chi connectivity index (χ2v) is 4.23. The van der Waals surface area contributed by atoms with E-state index in [2.05, 4.69) is 10.5 Å². The first-order valence-corrected chi connectivity index (χ1v) is 6.13. The van der Waals surface area contributed by atoms with E-state index < -0.39 is 0 Å². The number of rotatable bonds is 5. The summed E-state index contributed by atoms with van der Waals surface area (Å²) in [5, 5.41) is 3.89. The van der Waals surface area contributed by atoms with Crippen molar-refractivity contribution in [3.63, 3.8) is 0 Å². The molecule has 2 rings (SSSR count). The van der Waals surface area contributed by atoms with Gasteiger partial charge in [-0.1, -0.05) is 30.3 Å². The number of nitrogens with zero attached hydrogens (tertiary/aromatic N) is 1. The summed E-state index contributed by atoms with van der Waals surface area (Å²) < 4.78 is 5.38. The molecule has 4 nitrogen and oxygen atoms in total. The van der Waals surface area contributed by atoms with Gasteiger partial charge in [0.1, 0.15) is 11.5 Å². The van der Waals surface area contributed by atoms with E-state index in [0.717, 1.165) is 17.1 Å². The topological polar surface area (TPSA) is 54.6 Å². The monoisotopic (exact) mass is 256 g/mol. The number of aryl methyl sites for hydroxylation is 1. The Balaban J connectivity index is 1.74. The maximum Gasteiger partial charge on any atom is 0.244 e. The van der Waals surface area contributed by atoms with Gasteiger partial charge in [-0.2, -0.15) is 5.10 Å². The van der Waals surface area contributed by atoms with Gasteiger partial charge in [0.05, 0.1) is 6.42 Å². The molecule has 1 aromatic heterocycles. The lowest BCUT2D eigenvalue weighted by atomic mass is 10.1. The van der Waals surface area contributed by atoms with Crippen molar-refractivity contribution in [2.24, 2.45) is 5.10 Å². The van der Waals surface area contributed by atoms with Gasteiger partial charge < -0.3 is 4.42 Å². The van der Waals surface area contributed by atoms with Crippen LogP contribution in [0.2, 0.25) is 0 Å². The molecule has 2 aromatic rings. The molecule has 1 heterocycles. The average Bonchev–Trinajstić information content (AvgIpc) is 2.82. The van der Waals surface area contributed by atoms with Gasteiger partial charge >= 0.3 is 0 Å². The van der Waals surface area contributed by atoms with Crippen molar-refractivity contribution >= 4 is 12.1 Å². The molecule has 0 aliphatic rings. The van der Waals surface area contributed by atoms with Crippen molar-refractivity contribution < 1.29 is 9.21 Å². The van der Waals surface area contributed by atoms with E-state index in [0.29, 0.717) is 12.8 Å². The molecule has 1 aromatic carbocycles. The van der Waals surface area contributed by atoms with Crippen molar-refractivity contribution in [3.05, 3.63) is 59.5 Å². The van der Waals surface area contributed by atoms with Gasteiger partial charge in [0.15, 0.2) is 0 Å². The molecule has 0 radical (unpaired) electrons. The zero-order chi connectivity index (χ0) is 13.5. The summed E-state index contributed by atoms with van der Waals surface area (Å²) in [7, 11) is 0. The number of hydrogen-bond acceptors (Lipinski definition) is 3. The summed E-state index contributed by atoms with van der Waals surface area (Å²) in [6.07, 6.45) is 2.53. The number of amides is 1. The summed E-state index contributed by atoms with van der Waals surface area (Å²) in [6, 6.07) is 13.4. The van der Waals surface area contributed by atoms with Gasteiger partial charge in [0.2, 0.25) is 5.91 Å². The normalized spacial score (nSPS) is 10.8. The number of benzene rings is 1. The minimum atomic E-state index is -0.127. The SMILES string of the molecule is Cc1ccc(C/C=N\NC(=O)Cc2ccccc2)o1. The van der Waals surface area contributed by atoms with E-state index in [-0.39, 0.29) is 5.91 Å². The van der Waals surface area contributed by atoms with E-state index in [1.807, 2.05) is 49.4 Å². The van der Waals surface area contributed by atoms with Crippen LogP contribution in [0.15, 0.2) is 52.0 Å². The summed E-state index contributed by atoms with van der Waals surface area (Å²) >= 11 is 0. The van der Waals surface area contributed by atoms with Gasteiger partial charge in [0, 0.05) is 12.6 Å². The zero-order valence-electron chi connectivity index (χ0n) is 10.8. The van der Waals surface area contributed by atoms with Crippen LogP contribution in [0.4, 0.5) is 0 Å². The molecule has 4 heteroatoms. The fraction of sp³-hybridized carbons (Fsp3) is 0.200. The van der Waals surface area contributed by atoms with Crippen molar-refractivity contribution in [3.8, 4) is 0 Å². The largest absolute Gasteiger partial charge is 0.466 e. The molecule has 19 heavy (non-hydrogen) atoms. The van der Waals surface area contributed by atoms with E-state index in [1.54, 1.807) is 6.21 Å². The lowest BCUT2D eigenvalue weighted by molar-refractivity contribution is -0.120. The Morgan fingerprint density at radius 1 is 1.26 bits per heavy atom. The smallest absolute Gasteiger partial charge is 0.244 e. The first kappa shape index (κ1) is 13.1. The Kier molecular flexibility index (Phi) is 4.50. The molecule has 0 unspecified atom stereocenters. The molecule has 0 bridgehead atoms. The van der Waals surface area contributed by atoms with Crippen molar-refractivity contribution in [2.45, 2.75) is 19.8 Å². The van der Waals surface area contributed by atoms with Gasteiger partial charge in [0.25, 0.3) is 0 Å². The maximum absolute atomic E-state index is 11.6. The Labute approximate surface area is 112 Å². The minimum absolute atomic E-state index is 0.127. The van der Waals surface area contributed by atoms with Crippen molar-refractivity contribution in [1.29, 1.82) is 0 Å². The number of nitrogens with one attached hydrogen (secondary N) is 1. The van der Waals surface area contributed by atoms with Crippen LogP contribution in [-0.4, -0.2) is 12.1 Å². The molecule has 0 atom stereocenters. The molecule has 0 saturated heterocycles.